The van der Waals surface area contributed by atoms with Crippen LogP contribution >= 0.6 is 46.6 Å². The lowest BCUT2D eigenvalue weighted by molar-refractivity contribution is 0.461. The van der Waals surface area contributed by atoms with Gasteiger partial charge in [-0.2, -0.15) is 0 Å². The quantitative estimate of drug-likeness (QED) is 0.437. The normalized spacial score (nSPS) is 19.3. The van der Waals surface area contributed by atoms with E-state index in [9.17, 15) is 0 Å². The molecule has 0 bridgehead atoms. The Morgan fingerprint density at radius 1 is 0.821 bits per heavy atom. The molecule has 0 saturated carbocycles. The van der Waals surface area contributed by atoms with Crippen LogP contribution in [0.15, 0.2) is 72.8 Å². The van der Waals surface area contributed by atoms with Crippen molar-refractivity contribution < 1.29 is 0 Å². The zero-order valence-corrected chi connectivity index (χ0v) is 18.3. The first kappa shape index (κ1) is 20.1. The Balaban J connectivity index is 1.77. The van der Waals surface area contributed by atoms with E-state index in [0.717, 1.165) is 33.8 Å². The molecule has 1 N–H and O–H groups in total. The first-order valence-electron chi connectivity index (χ1n) is 9.22. The Kier molecular flexibility index (Phi) is 6.24. The van der Waals surface area contributed by atoms with Gasteiger partial charge >= 0.3 is 0 Å². The molecule has 0 spiro atoms. The van der Waals surface area contributed by atoms with E-state index in [1.807, 2.05) is 48.2 Å². The molecule has 28 heavy (non-hydrogen) atoms. The largest absolute Gasteiger partial charge is 0.298 e. The Labute approximate surface area is 185 Å². The Morgan fingerprint density at radius 2 is 1.43 bits per heavy atom. The number of rotatable bonds is 5. The summed E-state index contributed by atoms with van der Waals surface area (Å²) in [6.45, 7) is 0.977. The van der Waals surface area contributed by atoms with E-state index >= 15 is 0 Å². The van der Waals surface area contributed by atoms with Crippen LogP contribution in [0.5, 0.6) is 0 Å². The molecule has 1 aliphatic rings. The molecule has 0 aliphatic carbocycles. The van der Waals surface area contributed by atoms with Gasteiger partial charge in [0.05, 0.1) is 4.87 Å². The van der Waals surface area contributed by atoms with E-state index in [2.05, 4.69) is 41.7 Å². The van der Waals surface area contributed by atoms with E-state index in [4.69, 9.17) is 34.8 Å². The second-order valence-corrected chi connectivity index (χ2v) is 9.68. The van der Waals surface area contributed by atoms with Crippen LogP contribution in [0.4, 0.5) is 0 Å². The third-order valence-corrected chi connectivity index (χ3v) is 7.38. The van der Waals surface area contributed by atoms with Crippen LogP contribution in [-0.4, -0.2) is 12.3 Å². The number of nitrogens with one attached hydrogen (secondary N) is 1. The molecular formula is C23H20Cl3NS. The molecule has 1 nitrogen and oxygen atoms in total. The maximum absolute atomic E-state index is 6.32. The van der Waals surface area contributed by atoms with E-state index in [-0.39, 0.29) is 10.8 Å². The van der Waals surface area contributed by atoms with Crippen molar-refractivity contribution in [3.05, 3.63) is 105 Å². The van der Waals surface area contributed by atoms with Gasteiger partial charge in [-0.05, 0) is 59.5 Å². The lowest BCUT2D eigenvalue weighted by Crippen LogP contribution is -2.36. The molecule has 0 amide bonds. The third-order valence-electron chi connectivity index (χ3n) is 5.19. The van der Waals surface area contributed by atoms with Crippen molar-refractivity contribution in [2.24, 2.45) is 0 Å². The van der Waals surface area contributed by atoms with Gasteiger partial charge in [0.25, 0.3) is 0 Å². The van der Waals surface area contributed by atoms with Crippen LogP contribution in [0.2, 0.25) is 15.1 Å². The minimum Gasteiger partial charge on any atom is -0.298 e. The first-order valence-corrected chi connectivity index (χ1v) is 11.3. The Hall–Kier alpha value is -1.16. The first-order chi connectivity index (χ1) is 13.6. The van der Waals surface area contributed by atoms with Crippen molar-refractivity contribution >= 4 is 46.6 Å². The molecule has 144 valence electrons. The highest BCUT2D eigenvalue weighted by Crippen LogP contribution is 2.47. The van der Waals surface area contributed by atoms with Gasteiger partial charge in [-0.15, -0.1) is 11.8 Å². The smallest absolute Gasteiger partial charge is 0.0911 e. The highest BCUT2D eigenvalue weighted by atomic mass is 35.5. The van der Waals surface area contributed by atoms with Crippen LogP contribution in [0.1, 0.15) is 29.0 Å². The number of thioether (sulfide) groups is 1. The van der Waals surface area contributed by atoms with E-state index in [1.54, 1.807) is 0 Å². The average Bonchev–Trinajstić information content (AvgIpc) is 3.18. The topological polar surface area (TPSA) is 12.0 Å². The van der Waals surface area contributed by atoms with Crippen molar-refractivity contribution in [1.29, 1.82) is 0 Å². The molecule has 0 radical (unpaired) electrons. The summed E-state index contributed by atoms with van der Waals surface area (Å²) in [7, 11) is 0. The van der Waals surface area contributed by atoms with Crippen LogP contribution in [0.25, 0.3) is 0 Å². The minimum atomic E-state index is -0.186. The van der Waals surface area contributed by atoms with Gasteiger partial charge in [0.2, 0.25) is 0 Å². The summed E-state index contributed by atoms with van der Waals surface area (Å²) in [6.07, 6.45) is 0.904. The van der Waals surface area contributed by atoms with E-state index in [1.165, 1.54) is 16.7 Å². The lowest BCUT2D eigenvalue weighted by Gasteiger charge is -2.34. The zero-order chi connectivity index (χ0) is 19.6. The van der Waals surface area contributed by atoms with Gasteiger partial charge in [-0.3, -0.25) is 5.32 Å². The van der Waals surface area contributed by atoms with Crippen LogP contribution in [0, 0.1) is 0 Å². The van der Waals surface area contributed by atoms with Crippen LogP contribution < -0.4 is 5.32 Å². The molecule has 1 fully saturated rings. The predicted octanol–water partition coefficient (Wildman–Crippen LogP) is 7.36. The summed E-state index contributed by atoms with van der Waals surface area (Å²) in [5.41, 5.74) is 3.69. The predicted molar refractivity (Wildman–Crippen MR) is 123 cm³/mol. The van der Waals surface area contributed by atoms with Crippen LogP contribution in [0.3, 0.4) is 0 Å². The summed E-state index contributed by atoms with van der Waals surface area (Å²) in [4.78, 5) is -0.186. The van der Waals surface area contributed by atoms with Crippen LogP contribution in [-0.2, 0) is 4.87 Å². The third kappa shape index (κ3) is 4.37. The van der Waals surface area contributed by atoms with E-state index in [0.29, 0.717) is 0 Å². The Morgan fingerprint density at radius 3 is 1.93 bits per heavy atom. The Bertz CT molecular complexity index is 889. The standard InChI is InChI=1S/C23H20Cl3NS/c24-19-8-4-16(5-9-19)22(17-6-10-20(25)11-7-17)15-23(27-12-13-28-23)18-2-1-3-21(26)14-18/h1-11,14,22,27H,12-13,15H2. The molecule has 0 aromatic heterocycles. The van der Waals surface area contributed by atoms with Gasteiger partial charge in [-0.1, -0.05) is 71.2 Å². The lowest BCUT2D eigenvalue weighted by atomic mass is 9.83. The highest BCUT2D eigenvalue weighted by Gasteiger charge is 2.39. The number of benzene rings is 3. The zero-order valence-electron chi connectivity index (χ0n) is 15.2. The van der Waals surface area contributed by atoms with Crippen molar-refractivity contribution in [2.75, 3.05) is 12.3 Å². The number of hydrogen-bond donors (Lipinski definition) is 1. The summed E-state index contributed by atoms with van der Waals surface area (Å²) in [5, 5.41) is 6.02. The van der Waals surface area contributed by atoms with Gasteiger partial charge in [0.1, 0.15) is 0 Å². The van der Waals surface area contributed by atoms with Crippen molar-refractivity contribution in [2.45, 2.75) is 17.2 Å². The monoisotopic (exact) mass is 447 g/mol. The van der Waals surface area contributed by atoms with Crippen molar-refractivity contribution in [1.82, 2.24) is 5.32 Å². The highest BCUT2D eigenvalue weighted by molar-refractivity contribution is 8.00. The molecule has 1 heterocycles. The fourth-order valence-corrected chi connectivity index (χ4v) is 5.59. The number of halogens is 3. The van der Waals surface area contributed by atoms with Gasteiger partial charge in [-0.25, -0.2) is 0 Å². The van der Waals surface area contributed by atoms with Gasteiger partial charge in [0, 0.05) is 33.3 Å². The SMILES string of the molecule is Clc1ccc(C(CC2(c3cccc(Cl)c3)NCCS2)c2ccc(Cl)cc2)cc1. The summed E-state index contributed by atoms with van der Waals surface area (Å²) in [6, 6.07) is 24.5. The minimum absolute atomic E-state index is 0.186. The molecule has 3 aromatic rings. The summed E-state index contributed by atoms with van der Waals surface area (Å²) >= 11 is 20.6. The molecule has 1 saturated heterocycles. The maximum atomic E-state index is 6.32. The van der Waals surface area contributed by atoms with Crippen molar-refractivity contribution in [3.63, 3.8) is 0 Å². The summed E-state index contributed by atoms with van der Waals surface area (Å²) in [5.74, 6) is 1.27. The average molecular weight is 449 g/mol. The number of hydrogen-bond acceptors (Lipinski definition) is 2. The molecular weight excluding hydrogens is 429 g/mol. The van der Waals surface area contributed by atoms with Gasteiger partial charge < -0.3 is 0 Å². The second-order valence-electron chi connectivity index (χ2n) is 6.97. The summed E-state index contributed by atoms with van der Waals surface area (Å²) < 4.78 is 0. The molecule has 3 aromatic carbocycles. The van der Waals surface area contributed by atoms with E-state index < -0.39 is 0 Å². The molecule has 1 atom stereocenters. The molecule has 1 aliphatic heterocycles. The molecule has 5 heteroatoms. The maximum Gasteiger partial charge on any atom is 0.0911 e. The second kappa shape index (κ2) is 8.69. The molecule has 1 unspecified atom stereocenters. The van der Waals surface area contributed by atoms with Gasteiger partial charge in [0.15, 0.2) is 0 Å². The fraction of sp³-hybridized carbons (Fsp3) is 0.217. The van der Waals surface area contributed by atoms with Crippen molar-refractivity contribution in [3.8, 4) is 0 Å². The fourth-order valence-electron chi connectivity index (χ4n) is 3.81. The molecule has 4 rings (SSSR count).